The van der Waals surface area contributed by atoms with Crippen molar-refractivity contribution in [1.82, 2.24) is 4.98 Å². The van der Waals surface area contributed by atoms with Gasteiger partial charge in [-0.2, -0.15) is 0 Å². The van der Waals surface area contributed by atoms with Crippen LogP contribution in [0.3, 0.4) is 0 Å². The monoisotopic (exact) mass is 386 g/mol. The van der Waals surface area contributed by atoms with E-state index in [1.807, 2.05) is 24.3 Å². The Morgan fingerprint density at radius 2 is 1.85 bits per heavy atom. The Morgan fingerprint density at radius 1 is 1.07 bits per heavy atom. The minimum absolute atomic E-state index is 0.215. The van der Waals surface area contributed by atoms with Crippen LogP contribution in [0.25, 0.3) is 10.2 Å². The summed E-state index contributed by atoms with van der Waals surface area (Å²) in [6.07, 6.45) is 0. The molecule has 1 amide bonds. The number of nitrogens with one attached hydrogen (secondary N) is 1. The van der Waals surface area contributed by atoms with E-state index in [2.05, 4.69) is 10.3 Å². The number of aromatic nitrogens is 1. The summed E-state index contributed by atoms with van der Waals surface area (Å²) in [5, 5.41) is 3.40. The van der Waals surface area contributed by atoms with Crippen LogP contribution < -0.4 is 10.1 Å². The highest BCUT2D eigenvalue weighted by molar-refractivity contribution is 7.18. The van der Waals surface area contributed by atoms with E-state index < -0.39 is 11.9 Å². The molecule has 0 aliphatic carbocycles. The minimum Gasteiger partial charge on any atom is -0.497 e. The SMILES string of the molecule is COc1ccc(NC(=O)COC(=O)COCc2nc3ccccc3s2)cc1. The second-order valence-electron chi connectivity index (χ2n) is 5.51. The van der Waals surface area contributed by atoms with Gasteiger partial charge in [-0.3, -0.25) is 4.79 Å². The Labute approximate surface area is 159 Å². The largest absolute Gasteiger partial charge is 0.497 e. The highest BCUT2D eigenvalue weighted by Crippen LogP contribution is 2.21. The van der Waals surface area contributed by atoms with Crippen molar-refractivity contribution in [3.63, 3.8) is 0 Å². The van der Waals surface area contributed by atoms with Gasteiger partial charge in [0, 0.05) is 5.69 Å². The van der Waals surface area contributed by atoms with Gasteiger partial charge in [0.25, 0.3) is 5.91 Å². The van der Waals surface area contributed by atoms with Crippen molar-refractivity contribution in [2.45, 2.75) is 6.61 Å². The lowest BCUT2D eigenvalue weighted by molar-refractivity contribution is -0.152. The van der Waals surface area contributed by atoms with Crippen molar-refractivity contribution >= 4 is 39.1 Å². The molecule has 0 bridgehead atoms. The number of para-hydroxylation sites is 1. The van der Waals surface area contributed by atoms with Gasteiger partial charge in [-0.25, -0.2) is 9.78 Å². The number of anilines is 1. The number of carbonyl (C=O) groups is 2. The fraction of sp³-hybridized carbons (Fsp3) is 0.211. The predicted octanol–water partition coefficient (Wildman–Crippen LogP) is 3.00. The number of esters is 1. The molecule has 0 atom stereocenters. The number of methoxy groups -OCH3 is 1. The van der Waals surface area contributed by atoms with Crippen LogP contribution >= 0.6 is 11.3 Å². The number of rotatable bonds is 8. The molecule has 1 heterocycles. The summed E-state index contributed by atoms with van der Waals surface area (Å²) in [6, 6.07) is 14.6. The third-order valence-corrected chi connectivity index (χ3v) is 4.53. The molecule has 0 unspecified atom stereocenters. The molecule has 2 aromatic carbocycles. The quantitative estimate of drug-likeness (QED) is 0.599. The van der Waals surface area contributed by atoms with Gasteiger partial charge in [-0.05, 0) is 36.4 Å². The first kappa shape index (κ1) is 18.8. The molecule has 1 aromatic heterocycles. The van der Waals surface area contributed by atoms with Gasteiger partial charge < -0.3 is 19.5 Å². The summed E-state index contributed by atoms with van der Waals surface area (Å²) < 4.78 is 16.3. The number of benzene rings is 2. The average molecular weight is 386 g/mol. The second-order valence-corrected chi connectivity index (χ2v) is 6.62. The molecule has 0 spiro atoms. The number of hydrogen-bond acceptors (Lipinski definition) is 7. The van der Waals surface area contributed by atoms with Crippen molar-refractivity contribution in [3.8, 4) is 5.75 Å². The maximum Gasteiger partial charge on any atom is 0.332 e. The number of fused-ring (bicyclic) bond motifs is 1. The first-order chi connectivity index (χ1) is 13.1. The Bertz CT molecular complexity index is 890. The highest BCUT2D eigenvalue weighted by atomic mass is 32.1. The average Bonchev–Trinajstić information content (AvgIpc) is 3.10. The lowest BCUT2D eigenvalue weighted by Crippen LogP contribution is -2.22. The highest BCUT2D eigenvalue weighted by Gasteiger charge is 2.10. The van der Waals surface area contributed by atoms with Gasteiger partial charge in [0.2, 0.25) is 0 Å². The molecule has 0 saturated heterocycles. The van der Waals surface area contributed by atoms with E-state index in [9.17, 15) is 9.59 Å². The zero-order chi connectivity index (χ0) is 19.1. The number of thiazole rings is 1. The number of amides is 1. The standard InChI is InChI=1S/C19H18N2O5S/c1-24-14-8-6-13(7-9-14)20-17(22)10-26-19(23)12-25-11-18-21-15-4-2-3-5-16(15)27-18/h2-9H,10-12H2,1H3,(H,20,22). The molecule has 27 heavy (non-hydrogen) atoms. The summed E-state index contributed by atoms with van der Waals surface area (Å²) in [6.45, 7) is -0.409. The van der Waals surface area contributed by atoms with Crippen LogP contribution in [0, 0.1) is 0 Å². The van der Waals surface area contributed by atoms with Crippen molar-refractivity contribution < 1.29 is 23.8 Å². The van der Waals surface area contributed by atoms with E-state index >= 15 is 0 Å². The smallest absolute Gasteiger partial charge is 0.332 e. The topological polar surface area (TPSA) is 86.8 Å². The normalized spacial score (nSPS) is 10.6. The molecule has 0 saturated carbocycles. The van der Waals surface area contributed by atoms with Crippen molar-refractivity contribution in [1.29, 1.82) is 0 Å². The number of hydrogen-bond donors (Lipinski definition) is 1. The lowest BCUT2D eigenvalue weighted by atomic mass is 10.3. The summed E-state index contributed by atoms with van der Waals surface area (Å²) in [5.41, 5.74) is 1.49. The van der Waals surface area contributed by atoms with Crippen LogP contribution in [0.15, 0.2) is 48.5 Å². The molecular formula is C19H18N2O5S. The fourth-order valence-corrected chi connectivity index (χ4v) is 3.17. The molecule has 3 rings (SSSR count). The van der Waals surface area contributed by atoms with E-state index in [0.29, 0.717) is 11.4 Å². The van der Waals surface area contributed by atoms with Gasteiger partial charge >= 0.3 is 5.97 Å². The lowest BCUT2D eigenvalue weighted by Gasteiger charge is -2.07. The summed E-state index contributed by atoms with van der Waals surface area (Å²) >= 11 is 1.51. The Balaban J connectivity index is 1.36. The first-order valence-electron chi connectivity index (χ1n) is 8.16. The van der Waals surface area contributed by atoms with Crippen molar-refractivity contribution in [3.05, 3.63) is 53.5 Å². The van der Waals surface area contributed by atoms with E-state index in [0.717, 1.165) is 15.2 Å². The second kappa shape index (κ2) is 9.11. The van der Waals surface area contributed by atoms with Crippen LogP contribution in [-0.2, 0) is 25.7 Å². The van der Waals surface area contributed by atoms with Crippen LogP contribution in [0.4, 0.5) is 5.69 Å². The van der Waals surface area contributed by atoms with E-state index in [1.165, 1.54) is 11.3 Å². The predicted molar refractivity (Wildman–Crippen MR) is 102 cm³/mol. The maximum atomic E-state index is 11.8. The summed E-state index contributed by atoms with van der Waals surface area (Å²) in [4.78, 5) is 27.9. The molecule has 0 aliphatic rings. The molecule has 0 radical (unpaired) electrons. The van der Waals surface area contributed by atoms with Gasteiger partial charge in [0.1, 0.15) is 17.4 Å². The van der Waals surface area contributed by atoms with Crippen LogP contribution in [0.1, 0.15) is 5.01 Å². The summed E-state index contributed by atoms with van der Waals surface area (Å²) in [7, 11) is 1.56. The first-order valence-corrected chi connectivity index (χ1v) is 8.97. The van der Waals surface area contributed by atoms with Gasteiger partial charge in [0.05, 0.1) is 23.9 Å². The zero-order valence-electron chi connectivity index (χ0n) is 14.6. The van der Waals surface area contributed by atoms with E-state index in [1.54, 1.807) is 31.4 Å². The third kappa shape index (κ3) is 5.50. The van der Waals surface area contributed by atoms with Gasteiger partial charge in [-0.15, -0.1) is 11.3 Å². The van der Waals surface area contributed by atoms with Gasteiger partial charge in [-0.1, -0.05) is 12.1 Å². The maximum absolute atomic E-state index is 11.8. The Kier molecular flexibility index (Phi) is 6.35. The number of carbonyl (C=O) groups excluding carboxylic acids is 2. The van der Waals surface area contributed by atoms with Crippen molar-refractivity contribution in [2.75, 3.05) is 25.6 Å². The zero-order valence-corrected chi connectivity index (χ0v) is 15.5. The molecule has 1 N–H and O–H groups in total. The van der Waals surface area contributed by atoms with E-state index in [-0.39, 0.29) is 19.8 Å². The molecule has 0 aliphatic heterocycles. The Morgan fingerprint density at radius 3 is 2.59 bits per heavy atom. The minimum atomic E-state index is -0.610. The molecule has 0 fully saturated rings. The third-order valence-electron chi connectivity index (χ3n) is 3.52. The van der Waals surface area contributed by atoms with Gasteiger partial charge in [0.15, 0.2) is 6.61 Å². The van der Waals surface area contributed by atoms with E-state index in [4.69, 9.17) is 14.2 Å². The molecule has 8 heteroatoms. The number of nitrogens with zero attached hydrogens (tertiary/aromatic N) is 1. The fourth-order valence-electron chi connectivity index (χ4n) is 2.26. The number of ether oxygens (including phenoxy) is 3. The molecule has 140 valence electrons. The molecule has 7 nitrogen and oxygen atoms in total. The molecule has 3 aromatic rings. The van der Waals surface area contributed by atoms with Crippen LogP contribution in [0.2, 0.25) is 0 Å². The summed E-state index contributed by atoms with van der Waals surface area (Å²) in [5.74, 6) is -0.356. The molecular weight excluding hydrogens is 368 g/mol. The van der Waals surface area contributed by atoms with Crippen molar-refractivity contribution in [2.24, 2.45) is 0 Å². The van der Waals surface area contributed by atoms with Crippen LogP contribution in [-0.4, -0.2) is 37.2 Å². The van der Waals surface area contributed by atoms with Crippen LogP contribution in [0.5, 0.6) is 5.75 Å². The Hall–Kier alpha value is -2.97.